The lowest BCUT2D eigenvalue weighted by molar-refractivity contribution is 0.0322. The van der Waals surface area contributed by atoms with Crippen LogP contribution >= 0.6 is 23.2 Å². The number of rotatable bonds is 7. The molecule has 1 aliphatic rings. The topological polar surface area (TPSA) is 50.8 Å². The zero-order valence-electron chi connectivity index (χ0n) is 14.9. The SMILES string of the molecule is O=C(NCc1cccc(OCCN2CCOCC2)c1)c1cccc(Cl)c1Cl. The van der Waals surface area contributed by atoms with E-state index in [9.17, 15) is 4.79 Å². The molecule has 3 rings (SSSR count). The Labute approximate surface area is 169 Å². The number of hydrogen-bond donors (Lipinski definition) is 1. The Bertz CT molecular complexity index is 780. The van der Waals surface area contributed by atoms with E-state index >= 15 is 0 Å². The number of halogens is 2. The summed E-state index contributed by atoms with van der Waals surface area (Å²) < 4.78 is 11.2. The van der Waals surface area contributed by atoms with E-state index in [1.165, 1.54) is 0 Å². The van der Waals surface area contributed by atoms with Crippen molar-refractivity contribution in [3.63, 3.8) is 0 Å². The van der Waals surface area contributed by atoms with Gasteiger partial charge in [-0.3, -0.25) is 9.69 Å². The normalized spacial score (nSPS) is 14.7. The van der Waals surface area contributed by atoms with Gasteiger partial charge in [-0.1, -0.05) is 41.4 Å². The number of nitrogens with one attached hydrogen (secondary N) is 1. The highest BCUT2D eigenvalue weighted by Gasteiger charge is 2.12. The molecule has 0 aromatic heterocycles. The fraction of sp³-hybridized carbons (Fsp3) is 0.350. The Morgan fingerprint density at radius 3 is 2.74 bits per heavy atom. The molecule has 144 valence electrons. The van der Waals surface area contributed by atoms with Gasteiger partial charge in [-0.2, -0.15) is 0 Å². The van der Waals surface area contributed by atoms with Crippen molar-refractivity contribution in [2.45, 2.75) is 6.54 Å². The second-order valence-electron chi connectivity index (χ2n) is 6.23. The number of carbonyl (C=O) groups is 1. The third-order valence-corrected chi connectivity index (χ3v) is 5.15. The summed E-state index contributed by atoms with van der Waals surface area (Å²) in [5.74, 6) is 0.525. The van der Waals surface area contributed by atoms with Gasteiger partial charge in [0, 0.05) is 26.2 Å². The number of hydrogen-bond acceptors (Lipinski definition) is 4. The standard InChI is InChI=1S/C20H22Cl2N2O3/c21-18-6-2-5-17(19(18)22)20(25)23-14-15-3-1-4-16(13-15)27-12-9-24-7-10-26-11-8-24/h1-6,13H,7-12,14H2,(H,23,25). The molecule has 0 spiro atoms. The van der Waals surface area contributed by atoms with E-state index in [1.54, 1.807) is 18.2 Å². The molecule has 0 aliphatic carbocycles. The van der Waals surface area contributed by atoms with Crippen LogP contribution < -0.4 is 10.1 Å². The molecule has 1 saturated heterocycles. The summed E-state index contributed by atoms with van der Waals surface area (Å²) in [6.07, 6.45) is 0. The summed E-state index contributed by atoms with van der Waals surface area (Å²) in [6, 6.07) is 12.7. The van der Waals surface area contributed by atoms with E-state index < -0.39 is 0 Å². The van der Waals surface area contributed by atoms with Crippen molar-refractivity contribution < 1.29 is 14.3 Å². The van der Waals surface area contributed by atoms with Crippen LogP contribution in [0.5, 0.6) is 5.75 Å². The molecule has 1 amide bonds. The Kier molecular flexibility index (Phi) is 7.35. The van der Waals surface area contributed by atoms with E-state index in [0.717, 1.165) is 44.2 Å². The first-order chi connectivity index (χ1) is 13.1. The average Bonchev–Trinajstić information content (AvgIpc) is 2.69. The van der Waals surface area contributed by atoms with Gasteiger partial charge in [0.15, 0.2) is 0 Å². The number of morpholine rings is 1. The van der Waals surface area contributed by atoms with Crippen molar-refractivity contribution in [1.29, 1.82) is 0 Å². The van der Waals surface area contributed by atoms with E-state index in [1.807, 2.05) is 24.3 Å². The molecular formula is C20H22Cl2N2O3. The van der Waals surface area contributed by atoms with Gasteiger partial charge >= 0.3 is 0 Å². The molecule has 0 atom stereocenters. The first kappa shape index (κ1) is 20.0. The Hall–Kier alpha value is -1.79. The molecule has 2 aromatic rings. The van der Waals surface area contributed by atoms with Gasteiger partial charge in [-0.15, -0.1) is 0 Å². The summed E-state index contributed by atoms with van der Waals surface area (Å²) in [5.41, 5.74) is 1.31. The zero-order chi connectivity index (χ0) is 19.1. The minimum absolute atomic E-state index is 0.261. The lowest BCUT2D eigenvalue weighted by atomic mass is 10.2. The third-order valence-electron chi connectivity index (χ3n) is 4.33. The summed E-state index contributed by atoms with van der Waals surface area (Å²) in [5, 5.41) is 3.48. The average molecular weight is 409 g/mol. The predicted molar refractivity (Wildman–Crippen MR) is 107 cm³/mol. The molecule has 0 bridgehead atoms. The molecular weight excluding hydrogens is 387 g/mol. The highest BCUT2D eigenvalue weighted by Crippen LogP contribution is 2.25. The van der Waals surface area contributed by atoms with Gasteiger partial charge in [0.2, 0.25) is 0 Å². The van der Waals surface area contributed by atoms with E-state index in [0.29, 0.717) is 23.7 Å². The number of ether oxygens (including phenoxy) is 2. The van der Waals surface area contributed by atoms with Crippen molar-refractivity contribution >= 4 is 29.1 Å². The molecule has 2 aromatic carbocycles. The third kappa shape index (κ3) is 5.84. The van der Waals surface area contributed by atoms with Crippen LogP contribution in [0.1, 0.15) is 15.9 Å². The summed E-state index contributed by atoms with van der Waals surface area (Å²) in [6.45, 7) is 5.33. The molecule has 7 heteroatoms. The molecule has 1 N–H and O–H groups in total. The van der Waals surface area contributed by atoms with Gasteiger partial charge in [0.25, 0.3) is 5.91 Å². The molecule has 0 saturated carbocycles. The van der Waals surface area contributed by atoms with Crippen LogP contribution in [0.2, 0.25) is 10.0 Å². The Morgan fingerprint density at radius 1 is 1.15 bits per heavy atom. The number of nitrogens with zero attached hydrogens (tertiary/aromatic N) is 1. The monoisotopic (exact) mass is 408 g/mol. The number of amides is 1. The van der Waals surface area contributed by atoms with Crippen molar-refractivity contribution in [3.8, 4) is 5.75 Å². The van der Waals surface area contributed by atoms with E-state index in [4.69, 9.17) is 32.7 Å². The Morgan fingerprint density at radius 2 is 1.93 bits per heavy atom. The maximum atomic E-state index is 12.3. The quantitative estimate of drug-likeness (QED) is 0.759. The minimum Gasteiger partial charge on any atom is -0.492 e. The first-order valence-corrected chi connectivity index (χ1v) is 9.63. The fourth-order valence-corrected chi connectivity index (χ4v) is 3.21. The summed E-state index contributed by atoms with van der Waals surface area (Å²) >= 11 is 12.1. The summed E-state index contributed by atoms with van der Waals surface area (Å²) in [7, 11) is 0. The van der Waals surface area contributed by atoms with Crippen LogP contribution in [-0.2, 0) is 11.3 Å². The molecule has 0 radical (unpaired) electrons. The minimum atomic E-state index is -0.263. The number of benzene rings is 2. The Balaban J connectivity index is 1.49. The van der Waals surface area contributed by atoms with Crippen LogP contribution in [0.4, 0.5) is 0 Å². The molecule has 5 nitrogen and oxygen atoms in total. The first-order valence-electron chi connectivity index (χ1n) is 8.87. The second-order valence-corrected chi connectivity index (χ2v) is 7.02. The largest absolute Gasteiger partial charge is 0.492 e. The van der Waals surface area contributed by atoms with Crippen molar-refractivity contribution in [3.05, 3.63) is 63.6 Å². The van der Waals surface area contributed by atoms with Crippen LogP contribution in [0.25, 0.3) is 0 Å². The van der Waals surface area contributed by atoms with E-state index in [-0.39, 0.29) is 10.9 Å². The van der Waals surface area contributed by atoms with Crippen LogP contribution in [-0.4, -0.2) is 50.3 Å². The lowest BCUT2D eigenvalue weighted by Gasteiger charge is -2.26. The van der Waals surface area contributed by atoms with Crippen LogP contribution in [0.3, 0.4) is 0 Å². The van der Waals surface area contributed by atoms with Crippen molar-refractivity contribution in [2.24, 2.45) is 0 Å². The van der Waals surface area contributed by atoms with Gasteiger partial charge < -0.3 is 14.8 Å². The second kappa shape index (κ2) is 9.95. The molecule has 1 aliphatic heterocycles. The van der Waals surface area contributed by atoms with Gasteiger partial charge in [-0.05, 0) is 29.8 Å². The molecule has 27 heavy (non-hydrogen) atoms. The lowest BCUT2D eigenvalue weighted by Crippen LogP contribution is -2.38. The predicted octanol–water partition coefficient (Wildman–Crippen LogP) is 3.63. The zero-order valence-corrected chi connectivity index (χ0v) is 16.4. The molecule has 1 fully saturated rings. The van der Waals surface area contributed by atoms with Gasteiger partial charge in [0.05, 0.1) is 28.8 Å². The number of carbonyl (C=O) groups excluding carboxylic acids is 1. The molecule has 0 unspecified atom stereocenters. The van der Waals surface area contributed by atoms with Crippen molar-refractivity contribution in [1.82, 2.24) is 10.2 Å². The van der Waals surface area contributed by atoms with Gasteiger partial charge in [-0.25, -0.2) is 0 Å². The highest BCUT2D eigenvalue weighted by molar-refractivity contribution is 6.43. The highest BCUT2D eigenvalue weighted by atomic mass is 35.5. The summed E-state index contributed by atoms with van der Waals surface area (Å²) in [4.78, 5) is 14.6. The maximum absolute atomic E-state index is 12.3. The van der Waals surface area contributed by atoms with Crippen LogP contribution in [0, 0.1) is 0 Å². The fourth-order valence-electron chi connectivity index (χ4n) is 2.82. The smallest absolute Gasteiger partial charge is 0.253 e. The molecule has 1 heterocycles. The van der Waals surface area contributed by atoms with Gasteiger partial charge in [0.1, 0.15) is 12.4 Å². The van der Waals surface area contributed by atoms with Crippen molar-refractivity contribution in [2.75, 3.05) is 39.5 Å². The van der Waals surface area contributed by atoms with Crippen LogP contribution in [0.15, 0.2) is 42.5 Å². The van der Waals surface area contributed by atoms with E-state index in [2.05, 4.69) is 10.2 Å². The maximum Gasteiger partial charge on any atom is 0.253 e.